The molecule has 0 saturated heterocycles. The molecule has 1 rings (SSSR count). The highest BCUT2D eigenvalue weighted by atomic mass is 31.1. The van der Waals surface area contributed by atoms with E-state index in [1.807, 2.05) is 0 Å². The predicted octanol–water partition coefficient (Wildman–Crippen LogP) is 1.55. The highest BCUT2D eigenvalue weighted by molar-refractivity contribution is 7.33. The minimum Gasteiger partial charge on any atom is -0.447 e. The quantitative estimate of drug-likeness (QED) is 0.431. The maximum atomic E-state index is 4.84. The largest absolute Gasteiger partial charge is 0.447 e. The van der Waals surface area contributed by atoms with Crippen LogP contribution in [0.5, 0.6) is 0 Å². The molecule has 0 saturated carbocycles. The summed E-state index contributed by atoms with van der Waals surface area (Å²) in [4.78, 5) is 0. The smallest absolute Gasteiger partial charge is 0.124 e. The molecule has 35 valence electrons. The Morgan fingerprint density at radius 3 is 3.57 bits per heavy atom. The highest BCUT2D eigenvalue weighted by Crippen LogP contribution is 1.99. The van der Waals surface area contributed by atoms with Crippen molar-refractivity contribution in [1.82, 2.24) is 0 Å². The molecule has 0 fully saturated rings. The third kappa shape index (κ3) is 1.56. The van der Waals surface area contributed by atoms with Gasteiger partial charge in [0.05, 0.1) is 6.26 Å². The third-order valence-electron chi connectivity index (χ3n) is 0.520. The van der Waals surface area contributed by atoms with Crippen molar-refractivity contribution in [3.63, 3.8) is 0 Å². The second kappa shape index (κ2) is 2.59. The van der Waals surface area contributed by atoms with Gasteiger partial charge in [0.2, 0.25) is 0 Å². The molecule has 0 spiro atoms. The van der Waals surface area contributed by atoms with Crippen molar-refractivity contribution >= 4 is 14.2 Å². The molecule has 0 aromatic carbocycles. The van der Waals surface area contributed by atoms with E-state index in [1.165, 1.54) is 0 Å². The fourth-order valence-corrected chi connectivity index (χ4v) is 0.617. The summed E-state index contributed by atoms with van der Waals surface area (Å²) >= 11 is 0. The molecule has 0 N–H and O–H groups in total. The highest BCUT2D eigenvalue weighted by Gasteiger charge is 1.71. The number of hydrogen-bond acceptors (Lipinski definition) is 1. The average Bonchev–Trinajstić information content (AvgIpc) is 1.90. The van der Waals surface area contributed by atoms with Gasteiger partial charge in [-0.25, -0.2) is 0 Å². The van der Waals surface area contributed by atoms with E-state index in [9.17, 15) is 0 Å². The molecule has 0 atom stereocenters. The molecular formula is C5H4OP. The molecule has 1 heterocycles. The van der Waals surface area contributed by atoms with Gasteiger partial charge < -0.3 is 4.52 Å². The van der Waals surface area contributed by atoms with Crippen molar-refractivity contribution in [3.05, 3.63) is 24.5 Å². The Balaban J connectivity index is 2.60. The summed E-state index contributed by atoms with van der Waals surface area (Å²) in [7, 11) is 0.851. The van der Waals surface area contributed by atoms with Crippen LogP contribution < -0.4 is 0 Å². The van der Waals surface area contributed by atoms with E-state index in [0.29, 0.717) is 0 Å². The topological polar surface area (TPSA) is 9.23 Å². The van der Waals surface area contributed by atoms with E-state index in [2.05, 4.69) is 6.08 Å². The molecule has 2 heteroatoms. The lowest BCUT2D eigenvalue weighted by molar-refractivity contribution is 0.563. The summed E-state index contributed by atoms with van der Waals surface area (Å²) in [6, 6.07) is 0. The van der Waals surface area contributed by atoms with Crippen LogP contribution in [0.3, 0.4) is 0 Å². The summed E-state index contributed by atoms with van der Waals surface area (Å²) in [5, 5.41) is 0. The van der Waals surface area contributed by atoms with Gasteiger partial charge in [-0.05, 0) is 12.2 Å². The fraction of sp³-hybridized carbons (Fsp3) is 0. The first-order valence-corrected chi connectivity index (χ1v) is 2.80. The van der Waals surface area contributed by atoms with Gasteiger partial charge >= 0.3 is 0 Å². The molecule has 0 bridgehead atoms. The van der Waals surface area contributed by atoms with Crippen LogP contribution >= 0.6 is 8.43 Å². The summed E-state index contributed by atoms with van der Waals surface area (Å²) in [6.07, 6.45) is 8.12. The number of hydrogen-bond donors (Lipinski definition) is 0. The first-order chi connectivity index (χ1) is 3.50. The Morgan fingerprint density at radius 2 is 2.57 bits per heavy atom. The second-order valence-electron chi connectivity index (χ2n) is 1.00. The van der Waals surface area contributed by atoms with Crippen molar-refractivity contribution in [2.75, 3.05) is 0 Å². The molecule has 0 aromatic rings. The van der Waals surface area contributed by atoms with Gasteiger partial charge in [0.1, 0.15) is 8.43 Å². The first-order valence-electron chi connectivity index (χ1n) is 1.92. The zero-order valence-electron chi connectivity index (χ0n) is 3.66. The zero-order chi connectivity index (χ0) is 4.95. The van der Waals surface area contributed by atoms with Gasteiger partial charge in [0.25, 0.3) is 0 Å². The average molecular weight is 111 g/mol. The van der Waals surface area contributed by atoms with Crippen molar-refractivity contribution in [2.45, 2.75) is 0 Å². The van der Waals surface area contributed by atoms with Gasteiger partial charge in [-0.3, -0.25) is 0 Å². The Labute approximate surface area is 44.2 Å². The lowest BCUT2D eigenvalue weighted by Gasteiger charge is -1.77. The van der Waals surface area contributed by atoms with Gasteiger partial charge in [-0.15, -0.1) is 0 Å². The Hall–Kier alpha value is -0.550. The molecular weight excluding hydrogens is 107 g/mol. The van der Waals surface area contributed by atoms with Crippen LogP contribution in [0.4, 0.5) is 0 Å². The summed E-state index contributed by atoms with van der Waals surface area (Å²) in [5.41, 5.74) is 0. The van der Waals surface area contributed by atoms with Crippen LogP contribution in [0.25, 0.3) is 0 Å². The van der Waals surface area contributed by atoms with Crippen molar-refractivity contribution in [1.29, 1.82) is 0 Å². The fourth-order valence-electron chi connectivity index (χ4n) is 0.269. The molecule has 1 aliphatic heterocycles. The van der Waals surface area contributed by atoms with Crippen LogP contribution in [0.2, 0.25) is 0 Å². The Morgan fingerprint density at radius 1 is 1.57 bits per heavy atom. The Bertz CT molecular complexity index is 110. The molecule has 1 radical (unpaired) electrons. The lowest BCUT2D eigenvalue weighted by atomic mass is 10.5. The predicted molar refractivity (Wildman–Crippen MR) is 31.0 cm³/mol. The van der Waals surface area contributed by atoms with E-state index in [0.717, 1.165) is 8.43 Å². The van der Waals surface area contributed by atoms with Gasteiger partial charge in [-0.1, -0.05) is 6.08 Å². The van der Waals surface area contributed by atoms with Gasteiger partial charge in [0.15, 0.2) is 0 Å². The van der Waals surface area contributed by atoms with E-state index in [4.69, 9.17) is 4.52 Å². The minimum absolute atomic E-state index is 0.851. The summed E-state index contributed by atoms with van der Waals surface area (Å²) < 4.78 is 4.84. The SMILES string of the molecule is [C]1=CC=COP=C1. The van der Waals surface area contributed by atoms with Crippen molar-refractivity contribution in [3.8, 4) is 0 Å². The maximum Gasteiger partial charge on any atom is 0.124 e. The van der Waals surface area contributed by atoms with E-state index in [1.54, 1.807) is 24.2 Å². The molecule has 1 aliphatic rings. The van der Waals surface area contributed by atoms with Crippen molar-refractivity contribution in [2.24, 2.45) is 0 Å². The zero-order valence-corrected chi connectivity index (χ0v) is 4.56. The molecule has 0 aliphatic carbocycles. The van der Waals surface area contributed by atoms with Crippen LogP contribution in [0.1, 0.15) is 0 Å². The maximum absolute atomic E-state index is 4.84. The Kier molecular flexibility index (Phi) is 1.71. The lowest BCUT2D eigenvalue weighted by Crippen LogP contribution is -1.50. The summed E-state index contributed by atoms with van der Waals surface area (Å²) in [6.45, 7) is 0. The van der Waals surface area contributed by atoms with E-state index in [-0.39, 0.29) is 0 Å². The number of allylic oxidation sites excluding steroid dienone is 3. The second-order valence-corrected chi connectivity index (χ2v) is 1.68. The van der Waals surface area contributed by atoms with Gasteiger partial charge in [-0.2, -0.15) is 0 Å². The van der Waals surface area contributed by atoms with Crippen LogP contribution in [-0.4, -0.2) is 5.80 Å². The third-order valence-corrected chi connectivity index (χ3v) is 1.02. The standard InChI is InChI=1S/C5H4OP/c1-2-4-6-7-5-3-1/h1-2,4-5H. The van der Waals surface area contributed by atoms with Crippen LogP contribution in [-0.2, 0) is 4.52 Å². The van der Waals surface area contributed by atoms with Crippen LogP contribution in [0.15, 0.2) is 18.4 Å². The molecule has 1 nitrogen and oxygen atoms in total. The number of rotatable bonds is 0. The molecule has 0 unspecified atom stereocenters. The van der Waals surface area contributed by atoms with E-state index >= 15 is 0 Å². The monoisotopic (exact) mass is 111 g/mol. The van der Waals surface area contributed by atoms with Crippen LogP contribution in [0, 0.1) is 6.08 Å². The molecule has 7 heavy (non-hydrogen) atoms. The van der Waals surface area contributed by atoms with Crippen molar-refractivity contribution < 1.29 is 4.52 Å². The first kappa shape index (κ1) is 4.61. The normalized spacial score (nSPS) is 18.3. The van der Waals surface area contributed by atoms with Gasteiger partial charge in [0, 0.05) is 5.80 Å². The molecule has 0 aromatic heterocycles. The minimum atomic E-state index is 0.851. The summed E-state index contributed by atoms with van der Waals surface area (Å²) in [5.74, 6) is 1.81. The van der Waals surface area contributed by atoms with E-state index < -0.39 is 0 Å². The molecule has 0 amide bonds.